The van der Waals surface area contributed by atoms with Gasteiger partial charge in [-0.05, 0) is 36.2 Å². The number of pyridine rings is 1. The second-order valence-electron chi connectivity index (χ2n) is 7.30. The van der Waals surface area contributed by atoms with Gasteiger partial charge in [-0.2, -0.15) is 0 Å². The van der Waals surface area contributed by atoms with Crippen LogP contribution in [0.3, 0.4) is 0 Å². The van der Waals surface area contributed by atoms with Crippen molar-refractivity contribution in [2.45, 2.75) is 25.3 Å². The van der Waals surface area contributed by atoms with E-state index >= 15 is 0 Å². The number of nitrogens with zero attached hydrogens (tertiary/aromatic N) is 3. The molecule has 1 N–H and O–H groups in total. The molecule has 0 bridgehead atoms. The van der Waals surface area contributed by atoms with Crippen LogP contribution < -0.4 is 10.3 Å². The summed E-state index contributed by atoms with van der Waals surface area (Å²) in [6.07, 6.45) is 3.70. The van der Waals surface area contributed by atoms with Gasteiger partial charge in [0, 0.05) is 49.9 Å². The van der Waals surface area contributed by atoms with Crippen LogP contribution in [0.25, 0.3) is 0 Å². The molecule has 0 saturated carbocycles. The molecule has 1 saturated heterocycles. The maximum atomic E-state index is 12.0. The van der Waals surface area contributed by atoms with E-state index in [-0.39, 0.29) is 17.4 Å². The Balaban J connectivity index is 1.65. The van der Waals surface area contributed by atoms with Crippen molar-refractivity contribution in [2.75, 3.05) is 20.2 Å². The molecule has 0 aliphatic carbocycles. The van der Waals surface area contributed by atoms with E-state index in [0.29, 0.717) is 5.82 Å². The number of aromatic amines is 1. The number of hydrogen-bond acceptors (Lipinski definition) is 5. The Morgan fingerprint density at radius 2 is 1.96 bits per heavy atom. The molecule has 6 heteroatoms. The van der Waals surface area contributed by atoms with E-state index in [1.54, 1.807) is 19.4 Å². The third-order valence-corrected chi connectivity index (χ3v) is 5.33. The third kappa shape index (κ3) is 3.97. The Morgan fingerprint density at radius 3 is 2.64 bits per heavy atom. The topological polar surface area (TPSA) is 71.1 Å². The summed E-state index contributed by atoms with van der Waals surface area (Å²) in [5, 5.41) is 0. The van der Waals surface area contributed by atoms with Gasteiger partial charge in [0.1, 0.15) is 11.6 Å². The normalized spacial score (nSPS) is 19.6. The van der Waals surface area contributed by atoms with Gasteiger partial charge in [-0.25, -0.2) is 4.98 Å². The molecule has 3 heterocycles. The van der Waals surface area contributed by atoms with Crippen LogP contribution in [0.4, 0.5) is 0 Å². The number of benzene rings is 1. The van der Waals surface area contributed by atoms with Crippen LogP contribution in [0, 0.1) is 6.92 Å². The summed E-state index contributed by atoms with van der Waals surface area (Å²) in [5.74, 6) is 1.92. The van der Waals surface area contributed by atoms with E-state index in [0.717, 1.165) is 31.1 Å². The molecule has 3 aromatic rings. The number of ether oxygens (including phenoxy) is 1. The molecule has 28 heavy (non-hydrogen) atoms. The Kier molecular flexibility index (Phi) is 5.21. The largest absolute Gasteiger partial charge is 0.497 e. The van der Waals surface area contributed by atoms with E-state index in [1.807, 2.05) is 31.3 Å². The van der Waals surface area contributed by atoms with Gasteiger partial charge in [0.05, 0.1) is 12.8 Å². The molecule has 4 rings (SSSR count). The number of rotatable bonds is 5. The number of hydrogen-bond donors (Lipinski definition) is 1. The van der Waals surface area contributed by atoms with Crippen molar-refractivity contribution in [3.8, 4) is 5.75 Å². The van der Waals surface area contributed by atoms with Crippen molar-refractivity contribution in [2.24, 2.45) is 0 Å². The van der Waals surface area contributed by atoms with Crippen LogP contribution in [0.2, 0.25) is 0 Å². The first-order valence-electron chi connectivity index (χ1n) is 9.45. The fourth-order valence-corrected chi connectivity index (χ4v) is 4.05. The number of nitrogens with one attached hydrogen (secondary N) is 1. The van der Waals surface area contributed by atoms with Crippen LogP contribution in [0.1, 0.15) is 34.5 Å². The van der Waals surface area contributed by atoms with Gasteiger partial charge in [0.15, 0.2) is 0 Å². The fraction of sp³-hybridized carbons (Fsp3) is 0.318. The molecule has 1 aromatic carbocycles. The summed E-state index contributed by atoms with van der Waals surface area (Å²) in [5.41, 5.74) is 3.18. The van der Waals surface area contributed by atoms with Crippen molar-refractivity contribution in [3.05, 3.63) is 87.9 Å². The van der Waals surface area contributed by atoms with Gasteiger partial charge >= 0.3 is 0 Å². The summed E-state index contributed by atoms with van der Waals surface area (Å²) < 4.78 is 5.30. The van der Waals surface area contributed by atoms with Gasteiger partial charge in [0.2, 0.25) is 0 Å². The van der Waals surface area contributed by atoms with Crippen molar-refractivity contribution < 1.29 is 4.74 Å². The average Bonchev–Trinajstić information content (AvgIpc) is 3.12. The summed E-state index contributed by atoms with van der Waals surface area (Å²) in [7, 11) is 1.67. The highest BCUT2D eigenvalue weighted by atomic mass is 16.5. The third-order valence-electron chi connectivity index (χ3n) is 5.33. The number of aromatic nitrogens is 3. The zero-order chi connectivity index (χ0) is 19.5. The van der Waals surface area contributed by atoms with E-state index in [9.17, 15) is 4.79 Å². The van der Waals surface area contributed by atoms with Gasteiger partial charge in [0.25, 0.3) is 5.56 Å². The van der Waals surface area contributed by atoms with Crippen molar-refractivity contribution in [1.82, 2.24) is 19.9 Å². The second-order valence-corrected chi connectivity index (χ2v) is 7.30. The lowest BCUT2D eigenvalue weighted by atomic mass is 9.86. The zero-order valence-electron chi connectivity index (χ0n) is 16.1. The minimum atomic E-state index is -0.0957. The van der Waals surface area contributed by atoms with Gasteiger partial charge in [-0.3, -0.25) is 14.7 Å². The molecular weight excluding hydrogens is 352 g/mol. The molecule has 0 unspecified atom stereocenters. The minimum absolute atomic E-state index is 0.0957. The lowest BCUT2D eigenvalue weighted by Gasteiger charge is -2.19. The van der Waals surface area contributed by atoms with Crippen molar-refractivity contribution in [1.29, 1.82) is 0 Å². The summed E-state index contributed by atoms with van der Waals surface area (Å²) >= 11 is 0. The summed E-state index contributed by atoms with van der Waals surface area (Å²) in [4.78, 5) is 26.1. The maximum absolute atomic E-state index is 12.0. The molecule has 1 aliphatic rings. The van der Waals surface area contributed by atoms with Crippen molar-refractivity contribution in [3.63, 3.8) is 0 Å². The number of aryl methyl sites for hydroxylation is 1. The Hall–Kier alpha value is -2.99. The molecule has 144 valence electrons. The van der Waals surface area contributed by atoms with Crippen LogP contribution in [0.15, 0.2) is 59.7 Å². The lowest BCUT2D eigenvalue weighted by molar-refractivity contribution is 0.323. The number of likely N-dealkylation sites (tertiary alicyclic amines) is 1. The molecule has 6 nitrogen and oxygen atoms in total. The average molecular weight is 376 g/mol. The smallest absolute Gasteiger partial charge is 0.251 e. The molecular formula is C22H24N4O2. The Bertz CT molecular complexity index is 985. The zero-order valence-corrected chi connectivity index (χ0v) is 16.1. The molecule has 0 radical (unpaired) electrons. The van der Waals surface area contributed by atoms with Gasteiger partial charge < -0.3 is 9.72 Å². The highest BCUT2D eigenvalue weighted by molar-refractivity contribution is 5.33. The summed E-state index contributed by atoms with van der Waals surface area (Å²) in [6.45, 7) is 4.41. The highest BCUT2D eigenvalue weighted by Crippen LogP contribution is 2.39. The molecule has 1 fully saturated rings. The van der Waals surface area contributed by atoms with Crippen molar-refractivity contribution >= 4 is 0 Å². The fourth-order valence-electron chi connectivity index (χ4n) is 4.05. The van der Waals surface area contributed by atoms with Crippen LogP contribution in [-0.4, -0.2) is 40.1 Å². The van der Waals surface area contributed by atoms with Gasteiger partial charge in [-0.15, -0.1) is 0 Å². The van der Waals surface area contributed by atoms with E-state index in [2.05, 4.69) is 38.1 Å². The number of methoxy groups -OCH3 is 1. The molecule has 0 spiro atoms. The maximum Gasteiger partial charge on any atom is 0.251 e. The standard InChI is InChI=1S/C22H24N4O2/c1-15-24-21(10-22(27)25-15)20-14-26(12-16-4-3-9-23-11-16)13-19(20)17-5-7-18(28-2)8-6-17/h3-11,19-20H,12-14H2,1-2H3,(H,24,25,27)/t19-,20+/m0/s1. The highest BCUT2D eigenvalue weighted by Gasteiger charge is 2.36. The molecule has 0 amide bonds. The van der Waals surface area contributed by atoms with Crippen LogP contribution in [-0.2, 0) is 6.54 Å². The van der Waals surface area contributed by atoms with E-state index in [4.69, 9.17) is 4.74 Å². The Labute approximate surface area is 164 Å². The predicted octanol–water partition coefficient (Wildman–Crippen LogP) is 2.87. The van der Waals surface area contributed by atoms with Crippen LogP contribution >= 0.6 is 0 Å². The second kappa shape index (κ2) is 7.94. The SMILES string of the molecule is COc1ccc([C@@H]2CN(Cc3cccnc3)C[C@H]2c2cc(=O)[nH]c(C)n2)cc1. The molecule has 2 atom stereocenters. The first kappa shape index (κ1) is 18.4. The summed E-state index contributed by atoms with van der Waals surface area (Å²) in [6, 6.07) is 13.9. The minimum Gasteiger partial charge on any atom is -0.497 e. The molecule has 2 aromatic heterocycles. The van der Waals surface area contributed by atoms with Gasteiger partial charge in [-0.1, -0.05) is 18.2 Å². The quantitative estimate of drug-likeness (QED) is 0.741. The first-order valence-corrected chi connectivity index (χ1v) is 9.45. The lowest BCUT2D eigenvalue weighted by Crippen LogP contribution is -2.20. The Morgan fingerprint density at radius 1 is 1.18 bits per heavy atom. The van der Waals surface area contributed by atoms with E-state index in [1.165, 1.54) is 11.1 Å². The predicted molar refractivity (Wildman–Crippen MR) is 108 cm³/mol. The van der Waals surface area contributed by atoms with Crippen LogP contribution in [0.5, 0.6) is 5.75 Å². The monoisotopic (exact) mass is 376 g/mol. The van der Waals surface area contributed by atoms with E-state index < -0.39 is 0 Å². The number of H-pyrrole nitrogens is 1. The molecule has 1 aliphatic heterocycles. The first-order chi connectivity index (χ1) is 13.6.